The number of nitrogens with one attached hydrogen (secondary N) is 1. The van der Waals surface area contributed by atoms with Gasteiger partial charge in [0.25, 0.3) is 0 Å². The molecule has 0 bridgehead atoms. The molecule has 2 amide bonds. The van der Waals surface area contributed by atoms with Crippen molar-refractivity contribution in [2.45, 2.75) is 32.5 Å². The predicted molar refractivity (Wildman–Crippen MR) is 144 cm³/mol. The van der Waals surface area contributed by atoms with Crippen LogP contribution in [-0.2, 0) is 29.1 Å². The highest BCUT2D eigenvalue weighted by Crippen LogP contribution is 2.30. The maximum atomic E-state index is 13.8. The molecule has 1 N–H and O–H groups in total. The summed E-state index contributed by atoms with van der Waals surface area (Å²) in [5.41, 5.74) is 3.59. The average molecular weight is 499 g/mol. The summed E-state index contributed by atoms with van der Waals surface area (Å²) in [5.74, 6) is 0.341. The highest BCUT2D eigenvalue weighted by molar-refractivity contribution is 7.10. The van der Waals surface area contributed by atoms with Crippen LogP contribution in [0.3, 0.4) is 0 Å². The average Bonchev–Trinajstić information content (AvgIpc) is 3.42. The molecule has 0 unspecified atom stereocenters. The Morgan fingerprint density at radius 3 is 2.36 bits per heavy atom. The first-order chi connectivity index (χ1) is 17.6. The van der Waals surface area contributed by atoms with E-state index in [2.05, 4.69) is 5.32 Å². The number of para-hydroxylation sites is 1. The lowest BCUT2D eigenvalue weighted by Gasteiger charge is -2.33. The first-order valence-corrected chi connectivity index (χ1v) is 12.8. The summed E-state index contributed by atoms with van der Waals surface area (Å²) in [7, 11) is 1.61. The number of thiophene rings is 1. The molecule has 0 saturated carbocycles. The Hall–Kier alpha value is -3.90. The number of hydrogen-bond donors (Lipinski definition) is 1. The van der Waals surface area contributed by atoms with Gasteiger partial charge in [0.15, 0.2) is 0 Å². The second-order valence-corrected chi connectivity index (χ2v) is 9.58. The third-order valence-electron chi connectivity index (χ3n) is 6.11. The van der Waals surface area contributed by atoms with E-state index in [1.54, 1.807) is 12.0 Å². The lowest BCUT2D eigenvalue weighted by molar-refractivity contribution is -0.141. The molecule has 5 nitrogen and oxygen atoms in total. The van der Waals surface area contributed by atoms with Gasteiger partial charge in [-0.1, -0.05) is 78.9 Å². The summed E-state index contributed by atoms with van der Waals surface area (Å²) in [6.07, 6.45) is 0.223. The van der Waals surface area contributed by atoms with Crippen LogP contribution in [0.1, 0.15) is 33.2 Å². The van der Waals surface area contributed by atoms with Crippen molar-refractivity contribution in [3.8, 4) is 5.75 Å². The molecule has 4 rings (SSSR count). The van der Waals surface area contributed by atoms with Gasteiger partial charge < -0.3 is 15.0 Å². The number of carbonyl (C=O) groups is 2. The van der Waals surface area contributed by atoms with Gasteiger partial charge >= 0.3 is 0 Å². The Morgan fingerprint density at radius 1 is 0.917 bits per heavy atom. The molecule has 0 radical (unpaired) electrons. The fourth-order valence-corrected chi connectivity index (χ4v) is 4.93. The van der Waals surface area contributed by atoms with Gasteiger partial charge in [0.2, 0.25) is 11.8 Å². The second-order valence-electron chi connectivity index (χ2n) is 8.55. The molecule has 184 valence electrons. The van der Waals surface area contributed by atoms with Crippen molar-refractivity contribution >= 4 is 23.2 Å². The summed E-state index contributed by atoms with van der Waals surface area (Å²) in [4.78, 5) is 30.3. The van der Waals surface area contributed by atoms with E-state index in [0.29, 0.717) is 12.3 Å². The molecule has 1 heterocycles. The van der Waals surface area contributed by atoms with Gasteiger partial charge in [0.05, 0.1) is 20.1 Å². The number of amides is 2. The lowest BCUT2D eigenvalue weighted by atomic mass is 9.97. The van der Waals surface area contributed by atoms with Gasteiger partial charge in [-0.05, 0) is 41.1 Å². The SMILES string of the molecule is COc1ccccc1CN(C(=O)Cc1cccs1)[C@@H](C(=O)NCc1ccccc1)c1ccccc1C. The third-order valence-corrected chi connectivity index (χ3v) is 6.99. The second kappa shape index (κ2) is 12.2. The molecule has 4 aromatic rings. The topological polar surface area (TPSA) is 58.6 Å². The number of benzene rings is 3. The Balaban J connectivity index is 1.73. The van der Waals surface area contributed by atoms with E-state index in [0.717, 1.165) is 27.1 Å². The van der Waals surface area contributed by atoms with E-state index in [4.69, 9.17) is 4.74 Å². The zero-order valence-corrected chi connectivity index (χ0v) is 21.3. The number of carbonyl (C=O) groups excluding carboxylic acids is 2. The molecule has 1 aromatic heterocycles. The van der Waals surface area contributed by atoms with Gasteiger partial charge in [-0.3, -0.25) is 9.59 Å². The van der Waals surface area contributed by atoms with Crippen LogP contribution in [0, 0.1) is 6.92 Å². The van der Waals surface area contributed by atoms with Crippen LogP contribution in [0.2, 0.25) is 0 Å². The maximum absolute atomic E-state index is 13.8. The summed E-state index contributed by atoms with van der Waals surface area (Å²) < 4.78 is 5.57. The minimum Gasteiger partial charge on any atom is -0.496 e. The van der Waals surface area contributed by atoms with Crippen molar-refractivity contribution in [2.24, 2.45) is 0 Å². The van der Waals surface area contributed by atoms with E-state index in [-0.39, 0.29) is 24.8 Å². The van der Waals surface area contributed by atoms with Crippen LogP contribution < -0.4 is 10.1 Å². The molecule has 6 heteroatoms. The fraction of sp³-hybridized carbons (Fsp3) is 0.200. The molecule has 0 aliphatic carbocycles. The Bertz CT molecular complexity index is 1290. The smallest absolute Gasteiger partial charge is 0.247 e. The van der Waals surface area contributed by atoms with E-state index in [1.807, 2.05) is 103 Å². The van der Waals surface area contributed by atoms with Crippen molar-refractivity contribution in [1.82, 2.24) is 10.2 Å². The standard InChI is InChI=1S/C30H30N2O3S/c1-22-11-6-8-16-26(22)29(30(34)31-20-23-12-4-3-5-13-23)32(28(33)19-25-15-10-18-36-25)21-24-14-7-9-17-27(24)35-2/h3-18,29H,19-21H2,1-2H3,(H,31,34)/t29-/m1/s1. The van der Waals surface area contributed by atoms with Gasteiger partial charge in [-0.25, -0.2) is 0 Å². The number of rotatable bonds is 10. The molecule has 0 saturated heterocycles. The van der Waals surface area contributed by atoms with Crippen LogP contribution in [0.25, 0.3) is 0 Å². The number of ether oxygens (including phenoxy) is 1. The number of aryl methyl sites for hydroxylation is 1. The van der Waals surface area contributed by atoms with E-state index < -0.39 is 6.04 Å². The third kappa shape index (κ3) is 6.20. The molecule has 36 heavy (non-hydrogen) atoms. The van der Waals surface area contributed by atoms with Gasteiger partial charge in [0.1, 0.15) is 11.8 Å². The monoisotopic (exact) mass is 498 g/mol. The zero-order valence-electron chi connectivity index (χ0n) is 20.5. The Labute approximate surface area is 216 Å². The maximum Gasteiger partial charge on any atom is 0.247 e. The predicted octanol–water partition coefficient (Wildman–Crippen LogP) is 5.69. The molecule has 0 aliphatic rings. The molecule has 1 atom stereocenters. The van der Waals surface area contributed by atoms with E-state index >= 15 is 0 Å². The quantitative estimate of drug-likeness (QED) is 0.305. The molecule has 3 aromatic carbocycles. The summed E-state index contributed by atoms with van der Waals surface area (Å²) >= 11 is 1.54. The fourth-order valence-electron chi connectivity index (χ4n) is 4.23. The van der Waals surface area contributed by atoms with E-state index in [9.17, 15) is 9.59 Å². The first-order valence-electron chi connectivity index (χ1n) is 11.9. The Morgan fingerprint density at radius 2 is 1.64 bits per heavy atom. The number of nitrogens with zero attached hydrogens (tertiary/aromatic N) is 1. The normalized spacial score (nSPS) is 11.5. The van der Waals surface area contributed by atoms with Gasteiger partial charge in [-0.2, -0.15) is 0 Å². The van der Waals surface area contributed by atoms with Gasteiger partial charge in [0, 0.05) is 17.0 Å². The van der Waals surface area contributed by atoms with Crippen molar-refractivity contribution in [2.75, 3.05) is 7.11 Å². The zero-order chi connectivity index (χ0) is 25.3. The molecule has 0 aliphatic heterocycles. The number of methoxy groups -OCH3 is 1. The number of hydrogen-bond acceptors (Lipinski definition) is 4. The molecule has 0 spiro atoms. The lowest BCUT2D eigenvalue weighted by Crippen LogP contribution is -2.44. The first kappa shape index (κ1) is 25.2. The van der Waals surface area contributed by atoms with Crippen LogP contribution in [-0.4, -0.2) is 23.8 Å². The summed E-state index contributed by atoms with van der Waals surface area (Å²) in [6, 6.07) is 28.2. The summed E-state index contributed by atoms with van der Waals surface area (Å²) in [5, 5.41) is 5.03. The minimum absolute atomic E-state index is 0.119. The van der Waals surface area contributed by atoms with Crippen molar-refractivity contribution in [1.29, 1.82) is 0 Å². The molecule has 0 fully saturated rings. The summed E-state index contributed by atoms with van der Waals surface area (Å²) in [6.45, 7) is 2.59. The minimum atomic E-state index is -0.799. The van der Waals surface area contributed by atoms with Crippen molar-refractivity contribution in [3.63, 3.8) is 0 Å². The van der Waals surface area contributed by atoms with Gasteiger partial charge in [-0.15, -0.1) is 11.3 Å². The van der Waals surface area contributed by atoms with E-state index in [1.165, 1.54) is 11.3 Å². The Kier molecular flexibility index (Phi) is 8.53. The highest BCUT2D eigenvalue weighted by Gasteiger charge is 2.33. The van der Waals surface area contributed by atoms with Crippen LogP contribution >= 0.6 is 11.3 Å². The van der Waals surface area contributed by atoms with Crippen LogP contribution in [0.4, 0.5) is 0 Å². The van der Waals surface area contributed by atoms with Crippen LogP contribution in [0.5, 0.6) is 5.75 Å². The van der Waals surface area contributed by atoms with Crippen molar-refractivity contribution in [3.05, 3.63) is 124 Å². The highest BCUT2D eigenvalue weighted by atomic mass is 32.1. The largest absolute Gasteiger partial charge is 0.496 e. The van der Waals surface area contributed by atoms with Crippen molar-refractivity contribution < 1.29 is 14.3 Å². The molecular formula is C30H30N2O3S. The molecular weight excluding hydrogens is 468 g/mol. The van der Waals surface area contributed by atoms with Crippen LogP contribution in [0.15, 0.2) is 96.4 Å².